The number of benzene rings is 3. The maximum absolute atomic E-state index is 11.8. The molecule has 0 radical (unpaired) electrons. The van der Waals surface area contributed by atoms with E-state index in [9.17, 15) is 4.79 Å². The number of hydrogen-bond donors (Lipinski definition) is 1. The summed E-state index contributed by atoms with van der Waals surface area (Å²) in [6, 6.07) is 21.0. The van der Waals surface area contributed by atoms with Crippen molar-refractivity contribution < 1.29 is 19.0 Å². The van der Waals surface area contributed by atoms with Crippen LogP contribution in [-0.4, -0.2) is 19.7 Å². The minimum absolute atomic E-state index is 0.323. The molecule has 0 aromatic heterocycles. The van der Waals surface area contributed by atoms with Gasteiger partial charge in [-0.1, -0.05) is 46.3 Å². The number of carbonyl (C=O) groups is 1. The van der Waals surface area contributed by atoms with E-state index in [-0.39, 0.29) is 5.97 Å². The Morgan fingerprint density at radius 2 is 1.73 bits per heavy atom. The van der Waals surface area contributed by atoms with Crippen molar-refractivity contribution in [1.82, 2.24) is 0 Å². The number of rotatable bonds is 9. The van der Waals surface area contributed by atoms with Crippen LogP contribution in [0.3, 0.4) is 0 Å². The van der Waals surface area contributed by atoms with Crippen LogP contribution in [0.2, 0.25) is 0 Å². The minimum Gasteiger partial charge on any atom is -0.493 e. The number of carbonyl (C=O) groups excluding carboxylic acids is 1. The van der Waals surface area contributed by atoms with Gasteiger partial charge in [0.25, 0.3) is 0 Å². The van der Waals surface area contributed by atoms with Crippen LogP contribution < -0.4 is 14.8 Å². The SMILES string of the molecule is CCOC(=O)c1ccc(NCc2c(Br)ccc(OC)c2OCc2ccccc2)cc1. The molecule has 3 aromatic rings. The van der Waals surface area contributed by atoms with Gasteiger partial charge in [0.2, 0.25) is 0 Å². The van der Waals surface area contributed by atoms with Gasteiger partial charge in [-0.2, -0.15) is 0 Å². The van der Waals surface area contributed by atoms with Gasteiger partial charge < -0.3 is 19.5 Å². The van der Waals surface area contributed by atoms with Crippen molar-refractivity contribution in [2.24, 2.45) is 0 Å². The van der Waals surface area contributed by atoms with Crippen LogP contribution in [-0.2, 0) is 17.9 Å². The molecule has 6 heteroatoms. The van der Waals surface area contributed by atoms with Crippen LogP contribution in [0, 0.1) is 0 Å². The molecule has 0 bridgehead atoms. The second-order valence-electron chi connectivity index (χ2n) is 6.48. The van der Waals surface area contributed by atoms with E-state index in [1.807, 2.05) is 54.6 Å². The van der Waals surface area contributed by atoms with Gasteiger partial charge in [0.15, 0.2) is 11.5 Å². The van der Waals surface area contributed by atoms with Gasteiger partial charge in [-0.25, -0.2) is 4.79 Å². The first-order valence-electron chi connectivity index (χ1n) is 9.65. The summed E-state index contributed by atoms with van der Waals surface area (Å²) < 4.78 is 17.6. The lowest BCUT2D eigenvalue weighted by Gasteiger charge is -2.18. The number of anilines is 1. The van der Waals surface area contributed by atoms with Gasteiger partial charge in [0.05, 0.1) is 19.3 Å². The zero-order valence-corrected chi connectivity index (χ0v) is 18.6. The number of ether oxygens (including phenoxy) is 3. The normalized spacial score (nSPS) is 10.4. The average Bonchev–Trinajstić information content (AvgIpc) is 2.78. The number of nitrogens with one attached hydrogen (secondary N) is 1. The van der Waals surface area contributed by atoms with Crippen molar-refractivity contribution >= 4 is 27.6 Å². The summed E-state index contributed by atoms with van der Waals surface area (Å²) in [5.74, 6) is 1.03. The fourth-order valence-electron chi connectivity index (χ4n) is 2.92. The summed E-state index contributed by atoms with van der Waals surface area (Å²) in [7, 11) is 1.63. The van der Waals surface area contributed by atoms with Crippen LogP contribution in [0.4, 0.5) is 5.69 Å². The Bertz CT molecular complexity index is 975. The fraction of sp³-hybridized carbons (Fsp3) is 0.208. The number of esters is 1. The largest absolute Gasteiger partial charge is 0.493 e. The molecule has 0 unspecified atom stereocenters. The van der Waals surface area contributed by atoms with Crippen LogP contribution in [0.15, 0.2) is 71.2 Å². The Labute approximate surface area is 185 Å². The minimum atomic E-state index is -0.323. The number of methoxy groups -OCH3 is 1. The van der Waals surface area contributed by atoms with E-state index in [2.05, 4.69) is 21.2 Å². The highest BCUT2D eigenvalue weighted by molar-refractivity contribution is 9.10. The highest BCUT2D eigenvalue weighted by Gasteiger charge is 2.15. The Morgan fingerprint density at radius 3 is 2.40 bits per heavy atom. The molecule has 0 aliphatic carbocycles. The lowest BCUT2D eigenvalue weighted by molar-refractivity contribution is 0.0526. The molecule has 156 valence electrons. The van der Waals surface area contributed by atoms with Gasteiger partial charge in [-0.15, -0.1) is 0 Å². The Kier molecular flexibility index (Phi) is 7.74. The molecule has 0 spiro atoms. The summed E-state index contributed by atoms with van der Waals surface area (Å²) in [6.45, 7) is 3.10. The van der Waals surface area contributed by atoms with Gasteiger partial charge in [-0.05, 0) is 48.9 Å². The van der Waals surface area contributed by atoms with Crippen LogP contribution >= 0.6 is 15.9 Å². The average molecular weight is 470 g/mol. The van der Waals surface area contributed by atoms with Gasteiger partial charge in [0, 0.05) is 22.3 Å². The lowest BCUT2D eigenvalue weighted by atomic mass is 10.1. The molecule has 3 rings (SSSR count). The van der Waals surface area contributed by atoms with Crippen molar-refractivity contribution in [2.45, 2.75) is 20.1 Å². The molecule has 1 N–H and O–H groups in total. The molecule has 0 atom stereocenters. The predicted octanol–water partition coefficient (Wildman–Crippen LogP) is 5.83. The standard InChI is InChI=1S/C24H24BrNO4/c1-3-29-24(27)18-9-11-19(12-10-18)26-15-20-21(25)13-14-22(28-2)23(20)30-16-17-7-5-4-6-8-17/h4-14,26H,3,15-16H2,1-2H3. The molecule has 0 aliphatic rings. The maximum Gasteiger partial charge on any atom is 0.338 e. The molecule has 0 saturated heterocycles. The molecule has 0 amide bonds. The molecule has 30 heavy (non-hydrogen) atoms. The Balaban J connectivity index is 1.75. The summed E-state index contributed by atoms with van der Waals surface area (Å²) >= 11 is 3.62. The van der Waals surface area contributed by atoms with E-state index in [1.54, 1.807) is 26.2 Å². The third kappa shape index (κ3) is 5.54. The van der Waals surface area contributed by atoms with E-state index >= 15 is 0 Å². The lowest BCUT2D eigenvalue weighted by Crippen LogP contribution is -2.07. The van der Waals surface area contributed by atoms with E-state index in [1.165, 1.54) is 0 Å². The molecular weight excluding hydrogens is 446 g/mol. The molecule has 0 heterocycles. The van der Waals surface area contributed by atoms with Crippen LogP contribution in [0.25, 0.3) is 0 Å². The maximum atomic E-state index is 11.8. The summed E-state index contributed by atoms with van der Waals surface area (Å²) in [5.41, 5.74) is 3.43. The van der Waals surface area contributed by atoms with Crippen LogP contribution in [0.1, 0.15) is 28.4 Å². The third-order valence-corrected chi connectivity index (χ3v) is 5.22. The topological polar surface area (TPSA) is 56.8 Å². The van der Waals surface area contributed by atoms with Crippen molar-refractivity contribution in [3.63, 3.8) is 0 Å². The molecule has 3 aromatic carbocycles. The first kappa shape index (κ1) is 21.7. The second-order valence-corrected chi connectivity index (χ2v) is 7.34. The second kappa shape index (κ2) is 10.7. The molecule has 0 fully saturated rings. The van der Waals surface area contributed by atoms with Crippen molar-refractivity contribution in [2.75, 3.05) is 19.0 Å². The summed E-state index contributed by atoms with van der Waals surface area (Å²) in [5, 5.41) is 3.37. The van der Waals surface area contributed by atoms with E-state index < -0.39 is 0 Å². The smallest absolute Gasteiger partial charge is 0.338 e. The third-order valence-electron chi connectivity index (χ3n) is 4.48. The van der Waals surface area contributed by atoms with Crippen molar-refractivity contribution in [3.8, 4) is 11.5 Å². The van der Waals surface area contributed by atoms with Crippen molar-refractivity contribution in [1.29, 1.82) is 0 Å². The zero-order chi connectivity index (χ0) is 21.3. The quantitative estimate of drug-likeness (QED) is 0.399. The molecular formula is C24H24BrNO4. The fourth-order valence-corrected chi connectivity index (χ4v) is 3.38. The van der Waals surface area contributed by atoms with E-state index in [4.69, 9.17) is 14.2 Å². The van der Waals surface area contributed by atoms with Crippen LogP contribution in [0.5, 0.6) is 11.5 Å². The molecule has 0 aliphatic heterocycles. The Hall–Kier alpha value is -2.99. The van der Waals surface area contributed by atoms with Crippen molar-refractivity contribution in [3.05, 3.63) is 87.9 Å². The first-order valence-corrected chi connectivity index (χ1v) is 10.4. The molecule has 0 saturated carbocycles. The zero-order valence-electron chi connectivity index (χ0n) is 17.0. The highest BCUT2D eigenvalue weighted by atomic mass is 79.9. The highest BCUT2D eigenvalue weighted by Crippen LogP contribution is 2.37. The Morgan fingerprint density at radius 1 is 1.00 bits per heavy atom. The van der Waals surface area contributed by atoms with Gasteiger partial charge in [0.1, 0.15) is 6.61 Å². The van der Waals surface area contributed by atoms with E-state index in [0.717, 1.165) is 21.3 Å². The van der Waals surface area contributed by atoms with E-state index in [0.29, 0.717) is 36.8 Å². The monoisotopic (exact) mass is 469 g/mol. The first-order chi connectivity index (χ1) is 14.6. The predicted molar refractivity (Wildman–Crippen MR) is 121 cm³/mol. The summed E-state index contributed by atoms with van der Waals surface area (Å²) in [4.78, 5) is 11.8. The molecule has 5 nitrogen and oxygen atoms in total. The number of halogens is 1. The number of hydrogen-bond acceptors (Lipinski definition) is 5. The van der Waals surface area contributed by atoms with Gasteiger partial charge in [-0.3, -0.25) is 0 Å². The van der Waals surface area contributed by atoms with Gasteiger partial charge >= 0.3 is 5.97 Å². The summed E-state index contributed by atoms with van der Waals surface area (Å²) in [6.07, 6.45) is 0.